The molecule has 138 valence electrons. The summed E-state index contributed by atoms with van der Waals surface area (Å²) in [6.45, 7) is 2.85. The highest BCUT2D eigenvalue weighted by molar-refractivity contribution is 5.96. The van der Waals surface area contributed by atoms with Crippen LogP contribution in [0.1, 0.15) is 25.8 Å². The Hall–Kier alpha value is -2.78. The molecule has 25 heavy (non-hydrogen) atoms. The van der Waals surface area contributed by atoms with E-state index < -0.39 is 36.1 Å². The summed E-state index contributed by atoms with van der Waals surface area (Å²) in [7, 11) is 0. The average Bonchev–Trinajstić information content (AvgIpc) is 2.50. The van der Waals surface area contributed by atoms with Crippen LogP contribution in [0.3, 0.4) is 0 Å². The van der Waals surface area contributed by atoms with Crippen LogP contribution in [0.5, 0.6) is 0 Å². The van der Waals surface area contributed by atoms with Crippen LogP contribution in [0.15, 0.2) is 18.2 Å². The van der Waals surface area contributed by atoms with Crippen LogP contribution < -0.4 is 21.3 Å². The Kier molecular flexibility index (Phi) is 7.22. The number of urea groups is 1. The van der Waals surface area contributed by atoms with Gasteiger partial charge in [0.2, 0.25) is 11.8 Å². The van der Waals surface area contributed by atoms with Crippen molar-refractivity contribution in [3.8, 4) is 0 Å². The molecule has 0 unspecified atom stereocenters. The molecule has 1 rings (SSSR count). The van der Waals surface area contributed by atoms with Gasteiger partial charge in [0.15, 0.2) is 0 Å². The molecule has 7 nitrogen and oxygen atoms in total. The molecule has 1 aromatic rings. The van der Waals surface area contributed by atoms with Crippen LogP contribution >= 0.6 is 0 Å². The number of carbonyl (C=O) groups is 3. The molecule has 0 saturated carbocycles. The summed E-state index contributed by atoms with van der Waals surface area (Å²) in [6, 6.07) is 2.41. The fraction of sp³-hybridized carbons (Fsp3) is 0.400. The second-order valence-corrected chi connectivity index (χ2v) is 5.10. The molecule has 0 atom stereocenters. The highest BCUT2D eigenvalue weighted by Crippen LogP contribution is 2.36. The lowest BCUT2D eigenvalue weighted by Crippen LogP contribution is -2.42. The molecule has 4 amide bonds. The maximum atomic E-state index is 13.1. The summed E-state index contributed by atoms with van der Waals surface area (Å²) in [6.07, 6.45) is -4.01. The van der Waals surface area contributed by atoms with Gasteiger partial charge >= 0.3 is 12.2 Å². The van der Waals surface area contributed by atoms with Gasteiger partial charge in [0.1, 0.15) is 0 Å². The summed E-state index contributed by atoms with van der Waals surface area (Å²) in [5, 5.41) is 8.99. The molecule has 0 aliphatic rings. The first-order valence-electron chi connectivity index (χ1n) is 7.44. The van der Waals surface area contributed by atoms with Gasteiger partial charge < -0.3 is 16.0 Å². The first-order valence-corrected chi connectivity index (χ1v) is 7.44. The van der Waals surface area contributed by atoms with E-state index in [2.05, 4.69) is 16.0 Å². The van der Waals surface area contributed by atoms with E-state index in [4.69, 9.17) is 0 Å². The van der Waals surface area contributed by atoms with E-state index in [1.807, 2.05) is 12.2 Å². The fourth-order valence-corrected chi connectivity index (χ4v) is 1.84. The normalized spacial score (nSPS) is 10.8. The molecule has 0 spiro atoms. The van der Waals surface area contributed by atoms with Crippen molar-refractivity contribution in [2.45, 2.75) is 26.4 Å². The second-order valence-electron chi connectivity index (χ2n) is 5.10. The molecule has 10 heteroatoms. The molecule has 0 aliphatic heterocycles. The van der Waals surface area contributed by atoms with Crippen molar-refractivity contribution >= 4 is 29.2 Å². The van der Waals surface area contributed by atoms with Gasteiger partial charge in [-0.05, 0) is 24.6 Å². The quantitative estimate of drug-likeness (QED) is 0.626. The third-order valence-electron chi connectivity index (χ3n) is 2.87. The molecule has 0 heterocycles. The number of nitrogens with one attached hydrogen (secondary N) is 4. The molecule has 0 bridgehead atoms. The zero-order valence-corrected chi connectivity index (χ0v) is 13.7. The Bertz CT molecular complexity index is 647. The van der Waals surface area contributed by atoms with Crippen LogP contribution in [-0.2, 0) is 15.8 Å². The lowest BCUT2D eigenvalue weighted by atomic mass is 10.1. The minimum absolute atomic E-state index is 0.0197. The van der Waals surface area contributed by atoms with E-state index >= 15 is 0 Å². The van der Waals surface area contributed by atoms with E-state index in [0.29, 0.717) is 13.0 Å². The Labute approximate surface area is 142 Å². The SMILES string of the molecule is CCCNC(=O)NC(=O)CNc1ccc(NC(C)=O)cc1C(F)(F)F. The van der Waals surface area contributed by atoms with E-state index in [1.54, 1.807) is 0 Å². The Morgan fingerprint density at radius 1 is 1.16 bits per heavy atom. The van der Waals surface area contributed by atoms with Crippen molar-refractivity contribution in [1.29, 1.82) is 0 Å². The lowest BCUT2D eigenvalue weighted by molar-refractivity contribution is -0.137. The number of amides is 4. The number of rotatable bonds is 6. The first kappa shape index (κ1) is 20.3. The zero-order chi connectivity index (χ0) is 19.0. The maximum Gasteiger partial charge on any atom is 0.418 e. The Morgan fingerprint density at radius 2 is 1.84 bits per heavy atom. The van der Waals surface area contributed by atoms with Gasteiger partial charge in [-0.2, -0.15) is 13.2 Å². The van der Waals surface area contributed by atoms with Crippen LogP contribution in [0, 0.1) is 0 Å². The average molecular weight is 360 g/mol. The molecular weight excluding hydrogens is 341 g/mol. The number of alkyl halides is 3. The highest BCUT2D eigenvalue weighted by Gasteiger charge is 2.34. The van der Waals surface area contributed by atoms with Crippen molar-refractivity contribution in [2.75, 3.05) is 23.7 Å². The van der Waals surface area contributed by atoms with E-state index in [1.165, 1.54) is 13.0 Å². The minimum Gasteiger partial charge on any atom is -0.376 e. The van der Waals surface area contributed by atoms with Gasteiger partial charge in [-0.1, -0.05) is 6.92 Å². The number of hydrogen-bond acceptors (Lipinski definition) is 4. The largest absolute Gasteiger partial charge is 0.418 e. The highest BCUT2D eigenvalue weighted by atomic mass is 19.4. The fourth-order valence-electron chi connectivity index (χ4n) is 1.84. The summed E-state index contributed by atoms with van der Waals surface area (Å²) in [5.41, 5.74) is -1.40. The molecule has 0 aliphatic carbocycles. The standard InChI is InChI=1S/C15H19F3N4O3/c1-3-6-19-14(25)22-13(24)8-20-12-5-4-10(21-9(2)23)7-11(12)15(16,17)18/h4-5,7,20H,3,6,8H2,1-2H3,(H,21,23)(H2,19,22,24,25). The van der Waals surface area contributed by atoms with Gasteiger partial charge in [0, 0.05) is 24.8 Å². The molecule has 0 radical (unpaired) electrons. The van der Waals surface area contributed by atoms with E-state index in [0.717, 1.165) is 12.1 Å². The van der Waals surface area contributed by atoms with Gasteiger partial charge in [-0.3, -0.25) is 14.9 Å². The maximum absolute atomic E-state index is 13.1. The molecular formula is C15H19F3N4O3. The minimum atomic E-state index is -4.69. The number of hydrogen-bond donors (Lipinski definition) is 4. The topological polar surface area (TPSA) is 99.3 Å². The third-order valence-corrected chi connectivity index (χ3v) is 2.87. The Morgan fingerprint density at radius 3 is 2.40 bits per heavy atom. The van der Waals surface area contributed by atoms with Gasteiger partial charge in [-0.15, -0.1) is 0 Å². The van der Waals surface area contributed by atoms with Gasteiger partial charge in [0.25, 0.3) is 0 Å². The summed E-state index contributed by atoms with van der Waals surface area (Å²) < 4.78 is 39.4. The molecule has 4 N–H and O–H groups in total. The van der Waals surface area contributed by atoms with E-state index in [9.17, 15) is 27.6 Å². The van der Waals surface area contributed by atoms with Gasteiger partial charge in [-0.25, -0.2) is 4.79 Å². The van der Waals surface area contributed by atoms with Crippen molar-refractivity contribution < 1.29 is 27.6 Å². The van der Waals surface area contributed by atoms with Crippen molar-refractivity contribution in [3.63, 3.8) is 0 Å². The van der Waals surface area contributed by atoms with Crippen LogP contribution in [0.25, 0.3) is 0 Å². The second kappa shape index (κ2) is 8.90. The molecule has 0 aromatic heterocycles. The first-order chi connectivity index (χ1) is 11.6. The van der Waals surface area contributed by atoms with Gasteiger partial charge in [0.05, 0.1) is 12.1 Å². The predicted molar refractivity (Wildman–Crippen MR) is 86.1 cm³/mol. The summed E-state index contributed by atoms with van der Waals surface area (Å²) in [5.74, 6) is -1.29. The number of imide groups is 1. The van der Waals surface area contributed by atoms with Crippen LogP contribution in [0.4, 0.5) is 29.3 Å². The predicted octanol–water partition coefficient (Wildman–Crippen LogP) is 2.31. The summed E-state index contributed by atoms with van der Waals surface area (Å²) >= 11 is 0. The number of anilines is 2. The number of carbonyl (C=O) groups excluding carboxylic acids is 3. The third kappa shape index (κ3) is 7.10. The van der Waals surface area contributed by atoms with E-state index in [-0.39, 0.29) is 11.4 Å². The molecule has 0 fully saturated rings. The number of halogens is 3. The van der Waals surface area contributed by atoms with Crippen molar-refractivity contribution in [3.05, 3.63) is 23.8 Å². The molecule has 0 saturated heterocycles. The monoisotopic (exact) mass is 360 g/mol. The van der Waals surface area contributed by atoms with Crippen LogP contribution in [0.2, 0.25) is 0 Å². The zero-order valence-electron chi connectivity index (χ0n) is 13.7. The van der Waals surface area contributed by atoms with Crippen molar-refractivity contribution in [1.82, 2.24) is 10.6 Å². The van der Waals surface area contributed by atoms with Crippen LogP contribution in [-0.4, -0.2) is 30.9 Å². The Balaban J connectivity index is 2.79. The molecule has 1 aromatic carbocycles. The smallest absolute Gasteiger partial charge is 0.376 e. The summed E-state index contributed by atoms with van der Waals surface area (Å²) in [4.78, 5) is 33.8. The lowest BCUT2D eigenvalue weighted by Gasteiger charge is -2.16. The van der Waals surface area contributed by atoms with Crippen molar-refractivity contribution in [2.24, 2.45) is 0 Å². The number of benzene rings is 1.